The number of hydrogen-bond acceptors (Lipinski definition) is 10. The molecule has 2 fully saturated rings. The van der Waals surface area contributed by atoms with Crippen molar-refractivity contribution >= 4 is 44.6 Å². The predicted octanol–water partition coefficient (Wildman–Crippen LogP) is 5.85. The molecule has 2 aromatic heterocycles. The zero-order valence-corrected chi connectivity index (χ0v) is 28.0. The van der Waals surface area contributed by atoms with Gasteiger partial charge in [0.1, 0.15) is 10.5 Å². The third kappa shape index (κ3) is 7.09. The van der Waals surface area contributed by atoms with Gasteiger partial charge < -0.3 is 18.8 Å². The van der Waals surface area contributed by atoms with Crippen LogP contribution in [0.4, 0.5) is 0 Å². The van der Waals surface area contributed by atoms with E-state index in [0.29, 0.717) is 34.4 Å². The Hall–Kier alpha value is -3.75. The van der Waals surface area contributed by atoms with Crippen molar-refractivity contribution in [2.24, 2.45) is 0 Å². The first kappa shape index (κ1) is 33.2. The minimum Gasteiger partial charge on any atom is -0.496 e. The normalized spacial score (nSPS) is 21.1. The minimum absolute atomic E-state index is 0.00525. The molecule has 248 valence electrons. The van der Waals surface area contributed by atoms with Gasteiger partial charge in [-0.1, -0.05) is 35.9 Å². The summed E-state index contributed by atoms with van der Waals surface area (Å²) in [7, 11) is -2.55. The molecule has 6 rings (SSSR count). The van der Waals surface area contributed by atoms with Crippen LogP contribution in [0.1, 0.15) is 47.3 Å². The first-order chi connectivity index (χ1) is 22.7. The first-order valence-corrected chi connectivity index (χ1v) is 18.0. The lowest BCUT2D eigenvalue weighted by Crippen LogP contribution is -2.43. The van der Waals surface area contributed by atoms with Crippen LogP contribution in [0.25, 0.3) is 21.8 Å². The van der Waals surface area contributed by atoms with Crippen LogP contribution in [-0.4, -0.2) is 69.0 Å². The van der Waals surface area contributed by atoms with Crippen molar-refractivity contribution in [3.63, 3.8) is 0 Å². The molecule has 2 saturated heterocycles. The van der Waals surface area contributed by atoms with E-state index in [2.05, 4.69) is 10.5 Å². The van der Waals surface area contributed by atoms with Crippen molar-refractivity contribution in [3.8, 4) is 27.5 Å². The number of aromatic nitrogens is 1. The van der Waals surface area contributed by atoms with Gasteiger partial charge in [-0.3, -0.25) is 9.59 Å². The van der Waals surface area contributed by atoms with Crippen LogP contribution in [0.15, 0.2) is 71.6 Å². The standard InChI is InChI=1S/C33H34ClN3O8S2/c1-42-26-18-24(34)9-10-25(26)32(39)37-14-13-33(47(40,41)17-15-37,19-30(38)36-45-31-4-2-3-16-43-31)29-12-11-28(46-29)23-7-5-22(6-8-23)27-20-35-21-44-27/h5-12,18,20-21,31H,2-4,13-17,19H2,1H3,(H,36,38). The van der Waals surface area contributed by atoms with Gasteiger partial charge in [-0.2, -0.15) is 0 Å². The van der Waals surface area contributed by atoms with Crippen molar-refractivity contribution in [2.45, 2.75) is 43.1 Å². The summed E-state index contributed by atoms with van der Waals surface area (Å²) in [6.07, 6.45) is 4.45. The molecule has 47 heavy (non-hydrogen) atoms. The average molecular weight is 700 g/mol. The number of nitrogens with one attached hydrogen (secondary N) is 1. The highest BCUT2D eigenvalue weighted by Gasteiger charge is 2.50. The second-order valence-corrected chi connectivity index (χ2v) is 15.4. The fourth-order valence-electron chi connectivity index (χ4n) is 5.91. The predicted molar refractivity (Wildman–Crippen MR) is 177 cm³/mol. The largest absolute Gasteiger partial charge is 0.496 e. The third-order valence-corrected chi connectivity index (χ3v) is 12.7. The van der Waals surface area contributed by atoms with Crippen molar-refractivity contribution in [1.82, 2.24) is 15.4 Å². The van der Waals surface area contributed by atoms with Gasteiger partial charge in [0.2, 0.25) is 5.91 Å². The quantitative estimate of drug-likeness (QED) is 0.213. The number of ether oxygens (including phenoxy) is 2. The number of halogens is 1. The summed E-state index contributed by atoms with van der Waals surface area (Å²) in [6, 6.07) is 16.0. The highest BCUT2D eigenvalue weighted by molar-refractivity contribution is 7.92. The number of carbonyl (C=O) groups is 2. The molecule has 0 saturated carbocycles. The molecule has 0 aliphatic carbocycles. The number of sulfone groups is 1. The fourth-order valence-corrected chi connectivity index (χ4v) is 9.68. The zero-order valence-electron chi connectivity index (χ0n) is 25.6. The third-order valence-electron chi connectivity index (χ3n) is 8.52. The Kier molecular flexibility index (Phi) is 9.99. The number of benzene rings is 2. The summed E-state index contributed by atoms with van der Waals surface area (Å²) in [5, 5.41) is 0.406. The monoisotopic (exact) mass is 699 g/mol. The highest BCUT2D eigenvalue weighted by atomic mass is 35.5. The number of amides is 2. The molecule has 2 aromatic carbocycles. The van der Waals surface area contributed by atoms with Gasteiger partial charge in [0.15, 0.2) is 28.3 Å². The molecule has 1 N–H and O–H groups in total. The molecule has 0 bridgehead atoms. The molecule has 2 aliphatic heterocycles. The van der Waals surface area contributed by atoms with Gasteiger partial charge in [-0.05, 0) is 55.2 Å². The number of oxazole rings is 1. The van der Waals surface area contributed by atoms with E-state index in [1.807, 2.05) is 30.3 Å². The molecule has 14 heteroatoms. The van der Waals surface area contributed by atoms with Crippen LogP contribution in [-0.2, 0) is 29.0 Å². The Morgan fingerprint density at radius 3 is 2.64 bits per heavy atom. The SMILES string of the molecule is COc1cc(Cl)ccc1C(=O)N1CCC(CC(=O)NOC2CCCCO2)(c2ccc(-c3ccc(-c4cnco4)cc3)s2)S(=O)(=O)CC1. The Labute approximate surface area is 281 Å². The van der Waals surface area contributed by atoms with Crippen LogP contribution in [0.5, 0.6) is 5.75 Å². The summed E-state index contributed by atoms with van der Waals surface area (Å²) >= 11 is 7.42. The van der Waals surface area contributed by atoms with Crippen molar-refractivity contribution in [2.75, 3.05) is 32.6 Å². The van der Waals surface area contributed by atoms with Crippen LogP contribution >= 0.6 is 22.9 Å². The van der Waals surface area contributed by atoms with Crippen molar-refractivity contribution in [1.29, 1.82) is 0 Å². The van der Waals surface area contributed by atoms with Gasteiger partial charge in [0.25, 0.3) is 5.91 Å². The summed E-state index contributed by atoms with van der Waals surface area (Å²) in [4.78, 5) is 39.4. The smallest absolute Gasteiger partial charge is 0.257 e. The van der Waals surface area contributed by atoms with Gasteiger partial charge in [0, 0.05) is 46.5 Å². The molecule has 2 unspecified atom stereocenters. The van der Waals surface area contributed by atoms with Crippen LogP contribution in [0, 0.1) is 0 Å². The van der Waals surface area contributed by atoms with E-state index in [0.717, 1.165) is 28.8 Å². The number of rotatable bonds is 9. The maximum Gasteiger partial charge on any atom is 0.257 e. The molecular formula is C33H34ClN3O8S2. The molecule has 0 spiro atoms. The topological polar surface area (TPSA) is 137 Å². The Morgan fingerprint density at radius 2 is 1.91 bits per heavy atom. The van der Waals surface area contributed by atoms with Crippen molar-refractivity contribution in [3.05, 3.63) is 82.7 Å². The highest BCUT2D eigenvalue weighted by Crippen LogP contribution is 2.45. The molecule has 0 radical (unpaired) electrons. The molecule has 4 aromatic rings. The van der Waals surface area contributed by atoms with Crippen LogP contribution in [0.3, 0.4) is 0 Å². The second-order valence-electron chi connectivity index (χ2n) is 11.4. The minimum atomic E-state index is -3.99. The number of hydrogen-bond donors (Lipinski definition) is 1. The lowest BCUT2D eigenvalue weighted by Gasteiger charge is -2.31. The van der Waals surface area contributed by atoms with E-state index in [-0.39, 0.29) is 36.7 Å². The van der Waals surface area contributed by atoms with E-state index in [9.17, 15) is 18.0 Å². The Balaban J connectivity index is 1.30. The number of hydroxylamine groups is 1. The number of nitrogens with zero attached hydrogens (tertiary/aromatic N) is 2. The van der Waals surface area contributed by atoms with Gasteiger partial charge >= 0.3 is 0 Å². The van der Waals surface area contributed by atoms with E-state index in [1.54, 1.807) is 30.5 Å². The number of methoxy groups -OCH3 is 1. The van der Waals surface area contributed by atoms with Crippen LogP contribution < -0.4 is 10.2 Å². The number of thiophene rings is 1. The number of carbonyl (C=O) groups excluding carboxylic acids is 2. The first-order valence-electron chi connectivity index (χ1n) is 15.2. The molecule has 2 amide bonds. The van der Waals surface area contributed by atoms with Crippen LogP contribution in [0.2, 0.25) is 5.02 Å². The zero-order chi connectivity index (χ0) is 33.0. The maximum absolute atomic E-state index is 14.3. The molecule has 2 atom stereocenters. The average Bonchev–Trinajstić information content (AvgIpc) is 3.79. The molecule has 4 heterocycles. The van der Waals surface area contributed by atoms with Gasteiger partial charge in [-0.15, -0.1) is 11.3 Å². The van der Waals surface area contributed by atoms with Crippen molar-refractivity contribution < 1.29 is 36.7 Å². The van der Waals surface area contributed by atoms with Gasteiger partial charge in [-0.25, -0.2) is 23.7 Å². The fraction of sp³-hybridized carbons (Fsp3) is 0.364. The summed E-state index contributed by atoms with van der Waals surface area (Å²) in [5.41, 5.74) is 4.44. The lowest BCUT2D eigenvalue weighted by molar-refractivity contribution is -0.200. The molecule has 11 nitrogen and oxygen atoms in total. The summed E-state index contributed by atoms with van der Waals surface area (Å²) in [5.74, 6) is -0.388. The maximum atomic E-state index is 14.3. The molecular weight excluding hydrogens is 666 g/mol. The van der Waals surface area contributed by atoms with Gasteiger partial charge in [0.05, 0.1) is 31.0 Å². The lowest BCUT2D eigenvalue weighted by atomic mass is 9.97. The second kappa shape index (κ2) is 14.2. The molecule has 2 aliphatic rings. The van der Waals surface area contributed by atoms with E-state index >= 15 is 0 Å². The summed E-state index contributed by atoms with van der Waals surface area (Å²) < 4.78 is 43.4. The van der Waals surface area contributed by atoms with E-state index < -0.39 is 33.2 Å². The van der Waals surface area contributed by atoms with E-state index in [4.69, 9.17) is 30.3 Å². The Morgan fingerprint density at radius 1 is 1.11 bits per heavy atom. The summed E-state index contributed by atoms with van der Waals surface area (Å²) in [6.45, 7) is 0.561. The van der Waals surface area contributed by atoms with E-state index in [1.165, 1.54) is 29.7 Å². The Bertz CT molecular complexity index is 1820.